The van der Waals surface area contributed by atoms with Crippen LogP contribution >= 0.6 is 11.3 Å². The van der Waals surface area contributed by atoms with Gasteiger partial charge in [-0.25, -0.2) is 0 Å². The van der Waals surface area contributed by atoms with E-state index in [1.807, 2.05) is 10.7 Å². The molecule has 20 heavy (non-hydrogen) atoms. The van der Waals surface area contributed by atoms with E-state index in [1.54, 1.807) is 0 Å². The van der Waals surface area contributed by atoms with E-state index in [4.69, 9.17) is 0 Å². The van der Waals surface area contributed by atoms with Crippen molar-refractivity contribution in [3.63, 3.8) is 0 Å². The van der Waals surface area contributed by atoms with Gasteiger partial charge in [-0.2, -0.15) is 5.10 Å². The quantitative estimate of drug-likeness (QED) is 0.942. The van der Waals surface area contributed by atoms with E-state index < -0.39 is 0 Å². The van der Waals surface area contributed by atoms with Crippen LogP contribution in [0.15, 0.2) is 6.07 Å². The van der Waals surface area contributed by atoms with Crippen molar-refractivity contribution >= 4 is 22.4 Å². The number of carbonyl (C=O) groups is 1. The van der Waals surface area contributed by atoms with Crippen LogP contribution in [0.2, 0.25) is 0 Å². The van der Waals surface area contributed by atoms with Gasteiger partial charge >= 0.3 is 0 Å². The fraction of sp³-hybridized carbons (Fsp3) is 0.538. The Bertz CT molecular complexity index is 607. The Balaban J connectivity index is 1.73. The molecule has 0 saturated heterocycles. The Morgan fingerprint density at radius 3 is 2.95 bits per heavy atom. The molecule has 0 unspecified atom stereocenters. The molecule has 3 heterocycles. The molecule has 6 nitrogen and oxygen atoms in total. The number of amides is 1. The molecule has 1 N–H and O–H groups in total. The van der Waals surface area contributed by atoms with Crippen LogP contribution in [0.5, 0.6) is 0 Å². The van der Waals surface area contributed by atoms with Gasteiger partial charge in [0, 0.05) is 18.2 Å². The second kappa shape index (κ2) is 5.32. The van der Waals surface area contributed by atoms with Crippen molar-refractivity contribution in [2.24, 2.45) is 0 Å². The van der Waals surface area contributed by atoms with Crippen LogP contribution in [0.3, 0.4) is 0 Å². The number of anilines is 1. The summed E-state index contributed by atoms with van der Waals surface area (Å²) in [6.07, 6.45) is 3.29. The standard InChI is InChI=1S/C13H17N5OS/c1-8(2)12-15-16-13(20-12)14-11(19)10-7-9-5-3-4-6-18(9)17-10/h7-8H,3-6H2,1-2H3,(H,14,16,19). The predicted octanol–water partition coefficient (Wildman–Crippen LogP) is 2.45. The number of aromatic nitrogens is 4. The third-order valence-electron chi connectivity index (χ3n) is 3.30. The fourth-order valence-electron chi connectivity index (χ4n) is 2.21. The van der Waals surface area contributed by atoms with Gasteiger partial charge in [0.15, 0.2) is 5.69 Å². The number of nitrogens with one attached hydrogen (secondary N) is 1. The Labute approximate surface area is 121 Å². The van der Waals surface area contributed by atoms with Gasteiger partial charge < -0.3 is 0 Å². The molecule has 3 rings (SSSR count). The van der Waals surface area contributed by atoms with Crippen molar-refractivity contribution < 1.29 is 4.79 Å². The van der Waals surface area contributed by atoms with Crippen molar-refractivity contribution in [3.05, 3.63) is 22.5 Å². The van der Waals surface area contributed by atoms with Gasteiger partial charge in [-0.05, 0) is 25.3 Å². The zero-order chi connectivity index (χ0) is 14.1. The van der Waals surface area contributed by atoms with Crippen LogP contribution in [0.25, 0.3) is 0 Å². The zero-order valence-corrected chi connectivity index (χ0v) is 12.4. The summed E-state index contributed by atoms with van der Waals surface area (Å²) in [6.45, 7) is 5.00. The molecule has 2 aromatic rings. The Morgan fingerprint density at radius 2 is 2.25 bits per heavy atom. The minimum Gasteiger partial charge on any atom is -0.295 e. The maximum absolute atomic E-state index is 12.2. The zero-order valence-electron chi connectivity index (χ0n) is 11.6. The lowest BCUT2D eigenvalue weighted by atomic mass is 10.1. The first-order chi connectivity index (χ1) is 9.63. The van der Waals surface area contributed by atoms with E-state index in [1.165, 1.54) is 17.8 Å². The van der Waals surface area contributed by atoms with Crippen LogP contribution in [0.1, 0.15) is 53.8 Å². The van der Waals surface area contributed by atoms with Crippen molar-refractivity contribution in [3.8, 4) is 0 Å². The summed E-state index contributed by atoms with van der Waals surface area (Å²) in [5.41, 5.74) is 1.60. The highest BCUT2D eigenvalue weighted by molar-refractivity contribution is 7.15. The van der Waals surface area contributed by atoms with Crippen LogP contribution in [0.4, 0.5) is 5.13 Å². The molecule has 0 fully saturated rings. The number of nitrogens with zero attached hydrogens (tertiary/aromatic N) is 4. The molecular weight excluding hydrogens is 274 g/mol. The van der Waals surface area contributed by atoms with E-state index in [-0.39, 0.29) is 5.91 Å². The number of aryl methyl sites for hydroxylation is 2. The van der Waals surface area contributed by atoms with Crippen molar-refractivity contribution in [1.29, 1.82) is 0 Å². The lowest BCUT2D eigenvalue weighted by molar-refractivity contribution is 0.102. The Morgan fingerprint density at radius 1 is 1.40 bits per heavy atom. The minimum atomic E-state index is -0.210. The Hall–Kier alpha value is -1.76. The average Bonchev–Trinajstić information content (AvgIpc) is 3.04. The normalized spacial score (nSPS) is 14.3. The highest BCUT2D eigenvalue weighted by Crippen LogP contribution is 2.23. The summed E-state index contributed by atoms with van der Waals surface area (Å²) in [5.74, 6) is 0.108. The van der Waals surface area contributed by atoms with Crippen molar-refractivity contribution in [2.75, 3.05) is 5.32 Å². The molecular formula is C13H17N5OS. The molecule has 106 valence electrons. The van der Waals surface area contributed by atoms with Gasteiger partial charge in [0.2, 0.25) is 5.13 Å². The summed E-state index contributed by atoms with van der Waals surface area (Å²) in [6, 6.07) is 1.87. The molecule has 0 spiro atoms. The smallest absolute Gasteiger partial charge is 0.277 e. The fourth-order valence-corrected chi connectivity index (χ4v) is 2.95. The van der Waals surface area contributed by atoms with Crippen molar-refractivity contribution in [2.45, 2.75) is 45.6 Å². The first-order valence-corrected chi connectivity index (χ1v) is 7.66. The van der Waals surface area contributed by atoms with Gasteiger partial charge in [-0.1, -0.05) is 25.2 Å². The molecule has 2 aromatic heterocycles. The number of carbonyl (C=O) groups excluding carboxylic acids is 1. The third-order valence-corrected chi connectivity index (χ3v) is 4.44. The number of fused-ring (bicyclic) bond motifs is 1. The molecule has 1 amide bonds. The van der Waals surface area contributed by atoms with Crippen LogP contribution in [-0.2, 0) is 13.0 Å². The maximum Gasteiger partial charge on any atom is 0.277 e. The number of rotatable bonds is 3. The molecule has 0 bridgehead atoms. The highest BCUT2D eigenvalue weighted by atomic mass is 32.1. The molecule has 0 saturated carbocycles. The molecule has 1 aliphatic rings. The van der Waals surface area contributed by atoms with Gasteiger partial charge in [0.1, 0.15) is 5.01 Å². The highest BCUT2D eigenvalue weighted by Gasteiger charge is 2.18. The minimum absolute atomic E-state index is 0.210. The molecule has 0 radical (unpaired) electrons. The lowest BCUT2D eigenvalue weighted by Crippen LogP contribution is -2.14. The first kappa shape index (κ1) is 13.2. The van der Waals surface area contributed by atoms with E-state index in [9.17, 15) is 4.79 Å². The van der Waals surface area contributed by atoms with E-state index in [0.717, 1.165) is 30.1 Å². The SMILES string of the molecule is CC(C)c1nnc(NC(=O)c2cc3n(n2)CCCC3)s1. The summed E-state index contributed by atoms with van der Waals surface area (Å²) < 4.78 is 1.93. The predicted molar refractivity (Wildman–Crippen MR) is 77.1 cm³/mol. The second-order valence-corrected chi connectivity index (χ2v) is 6.26. The number of hydrogen-bond acceptors (Lipinski definition) is 5. The third kappa shape index (κ3) is 2.58. The molecule has 1 aliphatic heterocycles. The summed E-state index contributed by atoms with van der Waals surface area (Å²) in [4.78, 5) is 12.2. The average molecular weight is 291 g/mol. The molecule has 0 atom stereocenters. The summed E-state index contributed by atoms with van der Waals surface area (Å²) in [5, 5.41) is 16.6. The molecule has 0 aliphatic carbocycles. The van der Waals surface area contributed by atoms with Crippen LogP contribution in [0, 0.1) is 0 Å². The monoisotopic (exact) mass is 291 g/mol. The molecule has 7 heteroatoms. The lowest BCUT2D eigenvalue weighted by Gasteiger charge is -2.11. The Kier molecular flexibility index (Phi) is 3.52. The first-order valence-electron chi connectivity index (χ1n) is 6.85. The van der Waals surface area contributed by atoms with Gasteiger partial charge in [0.25, 0.3) is 5.91 Å². The van der Waals surface area contributed by atoms with Gasteiger partial charge in [-0.3, -0.25) is 14.8 Å². The van der Waals surface area contributed by atoms with E-state index in [2.05, 4.69) is 34.5 Å². The van der Waals surface area contributed by atoms with E-state index in [0.29, 0.717) is 16.7 Å². The number of hydrogen-bond donors (Lipinski definition) is 1. The summed E-state index contributed by atoms with van der Waals surface area (Å²) >= 11 is 1.41. The van der Waals surface area contributed by atoms with Crippen LogP contribution < -0.4 is 5.32 Å². The summed E-state index contributed by atoms with van der Waals surface area (Å²) in [7, 11) is 0. The van der Waals surface area contributed by atoms with Gasteiger partial charge in [-0.15, -0.1) is 10.2 Å². The largest absolute Gasteiger partial charge is 0.295 e. The van der Waals surface area contributed by atoms with E-state index >= 15 is 0 Å². The van der Waals surface area contributed by atoms with Crippen LogP contribution in [-0.4, -0.2) is 25.9 Å². The van der Waals surface area contributed by atoms with Gasteiger partial charge in [0.05, 0.1) is 0 Å². The van der Waals surface area contributed by atoms with Crippen molar-refractivity contribution in [1.82, 2.24) is 20.0 Å². The second-order valence-electron chi connectivity index (χ2n) is 5.26. The molecule has 0 aromatic carbocycles. The topological polar surface area (TPSA) is 72.7 Å². The maximum atomic E-state index is 12.2.